The van der Waals surface area contributed by atoms with Crippen LogP contribution in [0.5, 0.6) is 0 Å². The maximum absolute atomic E-state index is 5.66. The number of fused-ring (bicyclic) bond motifs is 1. The van der Waals surface area contributed by atoms with E-state index in [4.69, 9.17) is 16.6 Å². The first kappa shape index (κ1) is 11.2. The van der Waals surface area contributed by atoms with Gasteiger partial charge in [0.1, 0.15) is 11.5 Å². The molecule has 3 heterocycles. The summed E-state index contributed by atoms with van der Waals surface area (Å²) in [5.41, 5.74) is 1.79. The number of imidazole rings is 1. The molecule has 3 rings (SSSR count). The second-order valence-corrected chi connectivity index (χ2v) is 4.69. The van der Waals surface area contributed by atoms with Crippen molar-refractivity contribution in [3.05, 3.63) is 46.8 Å². The molecule has 0 radical (unpaired) electrons. The van der Waals surface area contributed by atoms with Crippen molar-refractivity contribution >= 4 is 23.4 Å². The molecule has 0 aromatic carbocycles. The minimum absolute atomic E-state index is 0.0230. The monoisotopic (exact) mass is 259 g/mol. The van der Waals surface area contributed by atoms with E-state index in [0.29, 0.717) is 4.77 Å². The summed E-state index contributed by atoms with van der Waals surface area (Å²) in [4.78, 5) is 7.54. The number of aromatic nitrogens is 3. The molecular weight excluding hydrogens is 246 g/mol. The van der Waals surface area contributed by atoms with Crippen LogP contribution < -0.4 is 0 Å². The Bertz CT molecular complexity index is 753. The lowest BCUT2D eigenvalue weighted by Gasteiger charge is -2.11. The SMILES string of the molecule is Cc1ccc(C(C)n2c(=S)[nH]c3cccnc32)o1. The fourth-order valence-corrected chi connectivity index (χ4v) is 2.48. The zero-order valence-corrected chi connectivity index (χ0v) is 11.0. The molecule has 0 saturated heterocycles. The minimum Gasteiger partial charge on any atom is -0.464 e. The Kier molecular flexibility index (Phi) is 2.56. The molecule has 1 N–H and O–H groups in total. The highest BCUT2D eigenvalue weighted by Crippen LogP contribution is 2.24. The van der Waals surface area contributed by atoms with Gasteiger partial charge in [0.05, 0.1) is 11.6 Å². The number of nitrogens with one attached hydrogen (secondary N) is 1. The van der Waals surface area contributed by atoms with E-state index in [-0.39, 0.29) is 6.04 Å². The van der Waals surface area contributed by atoms with Gasteiger partial charge in [0, 0.05) is 6.20 Å². The van der Waals surface area contributed by atoms with E-state index in [1.165, 1.54) is 0 Å². The standard InChI is InChI=1S/C13H13N3OS/c1-8-5-6-11(17-8)9(2)16-12-10(15-13(16)18)4-3-7-14-12/h3-7,9H,1-2H3,(H,15,18). The third kappa shape index (κ3) is 1.67. The fraction of sp³-hybridized carbons (Fsp3) is 0.231. The maximum Gasteiger partial charge on any atom is 0.179 e. The van der Waals surface area contributed by atoms with Gasteiger partial charge in [0.2, 0.25) is 0 Å². The molecule has 0 saturated carbocycles. The van der Waals surface area contributed by atoms with Crippen LogP contribution in [-0.2, 0) is 0 Å². The van der Waals surface area contributed by atoms with Gasteiger partial charge < -0.3 is 9.40 Å². The number of pyridine rings is 1. The van der Waals surface area contributed by atoms with Crippen molar-refractivity contribution in [3.8, 4) is 0 Å². The summed E-state index contributed by atoms with van der Waals surface area (Å²) >= 11 is 5.36. The Balaban J connectivity index is 2.19. The van der Waals surface area contributed by atoms with Crippen LogP contribution in [0.2, 0.25) is 0 Å². The van der Waals surface area contributed by atoms with Crippen LogP contribution in [0.3, 0.4) is 0 Å². The average molecular weight is 259 g/mol. The number of hydrogen-bond donors (Lipinski definition) is 1. The van der Waals surface area contributed by atoms with Crippen molar-refractivity contribution in [2.24, 2.45) is 0 Å². The van der Waals surface area contributed by atoms with Crippen molar-refractivity contribution in [2.75, 3.05) is 0 Å². The molecular formula is C13H13N3OS. The topological polar surface area (TPSA) is 46.8 Å². The van der Waals surface area contributed by atoms with Crippen molar-refractivity contribution < 1.29 is 4.42 Å². The first-order valence-electron chi connectivity index (χ1n) is 5.78. The Morgan fingerprint density at radius 2 is 2.22 bits per heavy atom. The highest BCUT2D eigenvalue weighted by Gasteiger charge is 2.16. The number of hydrogen-bond acceptors (Lipinski definition) is 3. The number of rotatable bonds is 2. The molecule has 0 bridgehead atoms. The number of nitrogens with zero attached hydrogens (tertiary/aromatic N) is 2. The zero-order valence-electron chi connectivity index (χ0n) is 10.2. The quantitative estimate of drug-likeness (QED) is 0.715. The molecule has 1 unspecified atom stereocenters. The molecule has 0 aliphatic rings. The van der Waals surface area contributed by atoms with Gasteiger partial charge >= 0.3 is 0 Å². The maximum atomic E-state index is 5.66. The van der Waals surface area contributed by atoms with Crippen LogP contribution in [-0.4, -0.2) is 14.5 Å². The van der Waals surface area contributed by atoms with Crippen molar-refractivity contribution in [1.29, 1.82) is 0 Å². The minimum atomic E-state index is 0.0230. The summed E-state index contributed by atoms with van der Waals surface area (Å²) in [6.45, 7) is 3.99. The van der Waals surface area contributed by atoms with E-state index in [2.05, 4.69) is 16.9 Å². The van der Waals surface area contributed by atoms with Gasteiger partial charge in [0.15, 0.2) is 10.4 Å². The van der Waals surface area contributed by atoms with Crippen LogP contribution >= 0.6 is 12.2 Å². The van der Waals surface area contributed by atoms with E-state index < -0.39 is 0 Å². The second-order valence-electron chi connectivity index (χ2n) is 4.30. The predicted octanol–water partition coefficient (Wildman–Crippen LogP) is 3.60. The molecule has 18 heavy (non-hydrogen) atoms. The summed E-state index contributed by atoms with van der Waals surface area (Å²) < 4.78 is 8.30. The van der Waals surface area contributed by atoms with Gasteiger partial charge in [-0.3, -0.25) is 4.57 Å². The molecule has 92 valence electrons. The molecule has 1 atom stereocenters. The molecule has 3 aromatic rings. The zero-order chi connectivity index (χ0) is 12.7. The Hall–Kier alpha value is -1.88. The molecule has 0 spiro atoms. The number of H-pyrrole nitrogens is 1. The van der Waals surface area contributed by atoms with E-state index in [0.717, 1.165) is 22.7 Å². The van der Waals surface area contributed by atoms with E-state index >= 15 is 0 Å². The summed E-state index contributed by atoms with van der Waals surface area (Å²) in [5, 5.41) is 0. The first-order valence-corrected chi connectivity index (χ1v) is 6.19. The average Bonchev–Trinajstić information content (AvgIpc) is 2.91. The van der Waals surface area contributed by atoms with E-state index in [9.17, 15) is 0 Å². The van der Waals surface area contributed by atoms with Gasteiger partial charge in [-0.05, 0) is 50.3 Å². The highest BCUT2D eigenvalue weighted by atomic mass is 32.1. The third-order valence-corrected chi connectivity index (χ3v) is 3.33. The molecule has 5 heteroatoms. The van der Waals surface area contributed by atoms with E-state index in [1.807, 2.05) is 35.8 Å². The molecule has 0 fully saturated rings. The van der Waals surface area contributed by atoms with Crippen LogP contribution in [0, 0.1) is 11.7 Å². The second kappa shape index (κ2) is 4.10. The number of furan rings is 1. The summed E-state index contributed by atoms with van der Waals surface area (Å²) in [6.07, 6.45) is 1.77. The van der Waals surface area contributed by atoms with Crippen molar-refractivity contribution in [1.82, 2.24) is 14.5 Å². The lowest BCUT2D eigenvalue weighted by Crippen LogP contribution is -2.06. The Morgan fingerprint density at radius 3 is 2.94 bits per heavy atom. The summed E-state index contributed by atoms with van der Waals surface area (Å²) in [7, 11) is 0. The summed E-state index contributed by atoms with van der Waals surface area (Å²) in [5.74, 6) is 1.78. The number of aryl methyl sites for hydroxylation is 1. The fourth-order valence-electron chi connectivity index (χ4n) is 2.12. The largest absolute Gasteiger partial charge is 0.464 e. The highest BCUT2D eigenvalue weighted by molar-refractivity contribution is 7.71. The van der Waals surface area contributed by atoms with E-state index in [1.54, 1.807) is 6.20 Å². The lowest BCUT2D eigenvalue weighted by molar-refractivity contribution is 0.430. The molecule has 4 nitrogen and oxygen atoms in total. The Morgan fingerprint density at radius 1 is 1.39 bits per heavy atom. The number of aromatic amines is 1. The van der Waals surface area contributed by atoms with Crippen LogP contribution in [0.1, 0.15) is 24.5 Å². The van der Waals surface area contributed by atoms with Crippen LogP contribution in [0.4, 0.5) is 0 Å². The summed E-state index contributed by atoms with van der Waals surface area (Å²) in [6, 6.07) is 7.81. The molecule has 0 aliphatic carbocycles. The third-order valence-electron chi connectivity index (χ3n) is 3.04. The molecule has 0 amide bonds. The van der Waals surface area contributed by atoms with Crippen molar-refractivity contribution in [3.63, 3.8) is 0 Å². The van der Waals surface area contributed by atoms with Gasteiger partial charge in [-0.25, -0.2) is 4.98 Å². The molecule has 0 aliphatic heterocycles. The predicted molar refractivity (Wildman–Crippen MR) is 72.2 cm³/mol. The van der Waals surface area contributed by atoms with Gasteiger partial charge in [-0.15, -0.1) is 0 Å². The Labute approximate surface area is 109 Å². The van der Waals surface area contributed by atoms with Gasteiger partial charge in [-0.1, -0.05) is 0 Å². The van der Waals surface area contributed by atoms with Crippen LogP contribution in [0.25, 0.3) is 11.2 Å². The van der Waals surface area contributed by atoms with Crippen molar-refractivity contribution in [2.45, 2.75) is 19.9 Å². The van der Waals surface area contributed by atoms with Gasteiger partial charge in [-0.2, -0.15) is 0 Å². The van der Waals surface area contributed by atoms with Gasteiger partial charge in [0.25, 0.3) is 0 Å². The lowest BCUT2D eigenvalue weighted by atomic mass is 10.2. The van der Waals surface area contributed by atoms with Crippen LogP contribution in [0.15, 0.2) is 34.9 Å². The molecule has 3 aromatic heterocycles. The first-order chi connectivity index (χ1) is 8.66. The smallest absolute Gasteiger partial charge is 0.179 e. The normalized spacial score (nSPS) is 13.0.